The van der Waals surface area contributed by atoms with Crippen LogP contribution >= 0.6 is 19.4 Å². The lowest BCUT2D eigenvalue weighted by molar-refractivity contribution is -0.706. The molecule has 1 saturated carbocycles. The normalized spacial score (nSPS) is 23.0. The lowest BCUT2D eigenvalue weighted by Gasteiger charge is -2.17. The molecule has 2 aromatic heterocycles. The number of phosphoric ester groups is 1. The molecule has 14 heteroatoms. The van der Waals surface area contributed by atoms with Crippen LogP contribution in [0.5, 0.6) is 5.75 Å². The minimum Gasteiger partial charge on any atom is -0.490 e. The average Bonchev–Trinajstić information content (AvgIpc) is 3.25. The van der Waals surface area contributed by atoms with E-state index in [1.807, 2.05) is 6.92 Å². The van der Waals surface area contributed by atoms with Gasteiger partial charge in [0.2, 0.25) is 5.52 Å². The van der Waals surface area contributed by atoms with Crippen LogP contribution in [0.2, 0.25) is 5.02 Å². The van der Waals surface area contributed by atoms with E-state index in [4.69, 9.17) is 31.9 Å². The molecule has 6 N–H and O–H groups in total. The first kappa shape index (κ1) is 24.6. The number of aliphatic hydroxyl groups is 1. The molecular formula is C20H26ClN5O7P+. The number of rotatable bonds is 8. The Labute approximate surface area is 199 Å². The van der Waals surface area contributed by atoms with E-state index in [2.05, 4.69) is 14.5 Å². The molecule has 0 bridgehead atoms. The Morgan fingerprint density at radius 3 is 2.74 bits per heavy atom. The number of imidazole rings is 1. The van der Waals surface area contributed by atoms with Crippen molar-refractivity contribution in [3.63, 3.8) is 0 Å². The van der Waals surface area contributed by atoms with Crippen LogP contribution in [-0.2, 0) is 15.6 Å². The monoisotopic (exact) mass is 514 g/mol. The predicted molar refractivity (Wildman–Crippen MR) is 122 cm³/mol. The molecule has 1 fully saturated rings. The maximum atomic E-state index is 12.7. The molecule has 1 aliphatic carbocycles. The van der Waals surface area contributed by atoms with E-state index in [-0.39, 0.29) is 31.1 Å². The van der Waals surface area contributed by atoms with Gasteiger partial charge in [0.15, 0.2) is 6.33 Å². The van der Waals surface area contributed by atoms with Crippen molar-refractivity contribution in [3.05, 3.63) is 46.0 Å². The van der Waals surface area contributed by atoms with Crippen molar-refractivity contribution in [2.24, 2.45) is 11.8 Å². The Morgan fingerprint density at radius 1 is 1.35 bits per heavy atom. The molecule has 0 radical (unpaired) electrons. The number of benzene rings is 1. The number of fused-ring (bicyclic) bond motifs is 1. The molecule has 4 atom stereocenters. The molecule has 2 heterocycles. The second kappa shape index (κ2) is 9.65. The Bertz CT molecular complexity index is 1270. The number of nitrogen functional groups attached to an aromatic ring is 1. The van der Waals surface area contributed by atoms with E-state index in [0.717, 1.165) is 0 Å². The van der Waals surface area contributed by atoms with Gasteiger partial charge in [0.25, 0.3) is 11.5 Å². The molecule has 0 spiro atoms. The number of hydrogen-bond acceptors (Lipinski definition) is 7. The topological polar surface area (TPSA) is 177 Å². The number of H-pyrrole nitrogens is 1. The van der Waals surface area contributed by atoms with Crippen molar-refractivity contribution < 1.29 is 33.3 Å². The summed E-state index contributed by atoms with van der Waals surface area (Å²) in [5.41, 5.74) is 6.02. The minimum atomic E-state index is -4.66. The number of nitrogens with two attached hydrogens (primary N) is 1. The van der Waals surface area contributed by atoms with Crippen LogP contribution in [0, 0.1) is 11.8 Å². The summed E-state index contributed by atoms with van der Waals surface area (Å²) in [6.07, 6.45) is 1.22. The summed E-state index contributed by atoms with van der Waals surface area (Å²) in [6.45, 7) is 2.12. The molecule has 0 saturated heterocycles. The zero-order valence-electron chi connectivity index (χ0n) is 18.2. The highest BCUT2D eigenvalue weighted by molar-refractivity contribution is 7.46. The van der Waals surface area contributed by atoms with Gasteiger partial charge in [-0.05, 0) is 30.7 Å². The van der Waals surface area contributed by atoms with Crippen LogP contribution in [0.1, 0.15) is 19.4 Å². The summed E-state index contributed by atoms with van der Waals surface area (Å²) in [7, 11) is -4.66. The third-order valence-electron chi connectivity index (χ3n) is 6.09. The van der Waals surface area contributed by atoms with Gasteiger partial charge in [-0.15, -0.1) is 0 Å². The highest BCUT2D eigenvalue weighted by atomic mass is 35.5. The first-order valence-corrected chi connectivity index (χ1v) is 12.5. The number of aromatic amines is 1. The summed E-state index contributed by atoms with van der Waals surface area (Å²) in [4.78, 5) is 37.6. The molecule has 3 aromatic rings. The molecule has 4 rings (SSSR count). The van der Waals surface area contributed by atoms with Gasteiger partial charge in [0.05, 0.1) is 18.8 Å². The lowest BCUT2D eigenvalue weighted by atomic mass is 10.0. The van der Waals surface area contributed by atoms with Crippen molar-refractivity contribution in [1.29, 1.82) is 0 Å². The second-order valence-electron chi connectivity index (χ2n) is 8.34. The standard InChI is InChI=1S/C20H25ClN5O7P/c1-11-15(8-12(17(11)27)9-33-34(29,30)31)26-10-25(16-18(26)23-20(22)24-19(16)28)6-7-32-14-4-2-13(21)3-5-14/h2-5,10-12,15,17,27H,6-9H2,1H3,(H4-,22,23,24,28,29,30,31)/p+1/t11-,12+,15?,17-/m0/s1. The van der Waals surface area contributed by atoms with Crippen LogP contribution < -0.4 is 20.6 Å². The number of halogens is 1. The van der Waals surface area contributed by atoms with Gasteiger partial charge < -0.3 is 25.4 Å². The average molecular weight is 515 g/mol. The third kappa shape index (κ3) is 5.27. The van der Waals surface area contributed by atoms with Crippen molar-refractivity contribution in [2.75, 3.05) is 18.9 Å². The fourth-order valence-corrected chi connectivity index (χ4v) is 4.94. The van der Waals surface area contributed by atoms with Crippen molar-refractivity contribution >= 4 is 36.5 Å². The van der Waals surface area contributed by atoms with Gasteiger partial charge >= 0.3 is 13.5 Å². The van der Waals surface area contributed by atoms with E-state index in [1.165, 1.54) is 0 Å². The van der Waals surface area contributed by atoms with Gasteiger partial charge in [-0.25, -0.2) is 9.13 Å². The van der Waals surface area contributed by atoms with E-state index in [1.54, 1.807) is 39.7 Å². The van der Waals surface area contributed by atoms with Crippen molar-refractivity contribution in [2.45, 2.75) is 32.0 Å². The maximum Gasteiger partial charge on any atom is 0.469 e. The van der Waals surface area contributed by atoms with Gasteiger partial charge in [-0.1, -0.05) is 23.5 Å². The van der Waals surface area contributed by atoms with Crippen LogP contribution in [0.3, 0.4) is 0 Å². The number of anilines is 1. The number of nitrogens with one attached hydrogen (secondary N) is 1. The first-order chi connectivity index (χ1) is 16.0. The van der Waals surface area contributed by atoms with Crippen LogP contribution in [-0.4, -0.2) is 48.7 Å². The van der Waals surface area contributed by atoms with E-state index < -0.39 is 25.4 Å². The highest BCUT2D eigenvalue weighted by Crippen LogP contribution is 2.42. The zero-order chi connectivity index (χ0) is 24.6. The molecule has 34 heavy (non-hydrogen) atoms. The van der Waals surface area contributed by atoms with E-state index in [0.29, 0.717) is 34.9 Å². The van der Waals surface area contributed by atoms with Gasteiger partial charge in [0, 0.05) is 16.9 Å². The number of ether oxygens (including phenoxy) is 1. The Morgan fingerprint density at radius 2 is 2.06 bits per heavy atom. The fraction of sp³-hybridized carbons (Fsp3) is 0.450. The summed E-state index contributed by atoms with van der Waals surface area (Å²) in [5.74, 6) is -0.229. The van der Waals surface area contributed by atoms with Gasteiger partial charge in [0.1, 0.15) is 18.9 Å². The Hall–Kier alpha value is -2.47. The quantitative estimate of drug-likeness (QED) is 0.216. The molecule has 1 unspecified atom stereocenters. The smallest absolute Gasteiger partial charge is 0.469 e. The highest BCUT2D eigenvalue weighted by Gasteiger charge is 2.44. The van der Waals surface area contributed by atoms with E-state index in [9.17, 15) is 14.5 Å². The zero-order valence-corrected chi connectivity index (χ0v) is 19.9. The van der Waals surface area contributed by atoms with Crippen LogP contribution in [0.15, 0.2) is 35.4 Å². The third-order valence-corrected chi connectivity index (χ3v) is 6.83. The Kier molecular flexibility index (Phi) is 6.99. The summed E-state index contributed by atoms with van der Waals surface area (Å²) >= 11 is 5.89. The van der Waals surface area contributed by atoms with Gasteiger partial charge in [-0.2, -0.15) is 0 Å². The molecule has 12 nitrogen and oxygen atoms in total. The van der Waals surface area contributed by atoms with Gasteiger partial charge in [-0.3, -0.25) is 18.9 Å². The number of phosphoric acid groups is 1. The van der Waals surface area contributed by atoms with Crippen molar-refractivity contribution in [3.8, 4) is 5.75 Å². The minimum absolute atomic E-state index is 0.0472. The number of aromatic nitrogens is 4. The summed E-state index contributed by atoms with van der Waals surface area (Å²) in [5, 5.41) is 11.3. The summed E-state index contributed by atoms with van der Waals surface area (Å²) in [6, 6.07) is 6.61. The first-order valence-electron chi connectivity index (χ1n) is 10.6. The molecule has 0 amide bonds. The predicted octanol–water partition coefficient (Wildman–Crippen LogP) is 0.994. The van der Waals surface area contributed by atoms with Crippen molar-refractivity contribution in [1.82, 2.24) is 14.5 Å². The molecule has 1 aromatic carbocycles. The lowest BCUT2D eigenvalue weighted by Crippen LogP contribution is -2.42. The maximum absolute atomic E-state index is 12.7. The second-order valence-corrected chi connectivity index (χ2v) is 10.0. The molecular weight excluding hydrogens is 489 g/mol. The number of nitrogens with zero attached hydrogens (tertiary/aromatic N) is 3. The van der Waals surface area contributed by atoms with E-state index >= 15 is 0 Å². The largest absolute Gasteiger partial charge is 0.490 e. The SMILES string of the molecule is C[C@H]1C([n+]2cn(CCOc3ccc(Cl)cc3)c3c(=O)[nH]c(N)nc32)C[C@H](COP(=O)(O)O)[C@H]1O. The summed E-state index contributed by atoms with van der Waals surface area (Å²) < 4.78 is 25.0. The van der Waals surface area contributed by atoms with Crippen LogP contribution in [0.25, 0.3) is 11.2 Å². The number of aliphatic hydroxyl groups excluding tert-OH is 1. The Balaban J connectivity index is 1.60. The molecule has 1 aliphatic rings. The molecule has 0 aliphatic heterocycles. The van der Waals surface area contributed by atoms with Crippen LogP contribution in [0.4, 0.5) is 5.95 Å². The number of hydrogen-bond donors (Lipinski definition) is 5. The fourth-order valence-electron chi connectivity index (χ4n) is 4.43. The molecule has 184 valence electrons.